The van der Waals surface area contributed by atoms with Gasteiger partial charge in [0.15, 0.2) is 0 Å². The zero-order valence-corrected chi connectivity index (χ0v) is 15.3. The number of thioether (sulfide) groups is 1. The molecule has 3 amide bonds. The number of halogens is 1. The standard InChI is InChI=1S/C17H24FN3O2S/c1-11(2)19-17(23)20(4)9-10-21-15(22)12(3)24-16(21)13-7-5-6-8-14(13)18/h5-8,11-12,16H,9-10H2,1-4H3,(H,19,23)/t12-,16+/m0/s1. The molecule has 2 atom stereocenters. The van der Waals surface area contributed by atoms with Crippen LogP contribution in [-0.4, -0.2) is 53.2 Å². The van der Waals surface area contributed by atoms with E-state index >= 15 is 0 Å². The van der Waals surface area contributed by atoms with Crippen LogP contribution in [0.3, 0.4) is 0 Å². The minimum Gasteiger partial charge on any atom is -0.336 e. The highest BCUT2D eigenvalue weighted by atomic mass is 32.2. The van der Waals surface area contributed by atoms with E-state index < -0.39 is 0 Å². The van der Waals surface area contributed by atoms with Gasteiger partial charge in [-0.2, -0.15) is 0 Å². The molecule has 1 aliphatic heterocycles. The Kier molecular flexibility index (Phi) is 6.10. The Hall–Kier alpha value is -1.76. The summed E-state index contributed by atoms with van der Waals surface area (Å²) in [5.41, 5.74) is 0.509. The lowest BCUT2D eigenvalue weighted by Gasteiger charge is -2.27. The fraction of sp³-hybridized carbons (Fsp3) is 0.529. The number of urea groups is 1. The number of hydrogen-bond acceptors (Lipinski definition) is 3. The molecule has 24 heavy (non-hydrogen) atoms. The van der Waals surface area contributed by atoms with E-state index in [-0.39, 0.29) is 34.4 Å². The van der Waals surface area contributed by atoms with Crippen molar-refractivity contribution < 1.29 is 14.0 Å². The third kappa shape index (κ3) is 4.20. The SMILES string of the molecule is CC(C)NC(=O)N(C)CCN1C(=O)[C@H](C)S[C@@H]1c1ccccc1F. The van der Waals surface area contributed by atoms with E-state index in [1.54, 1.807) is 35.0 Å². The van der Waals surface area contributed by atoms with E-state index in [1.165, 1.54) is 17.8 Å². The van der Waals surface area contributed by atoms with E-state index in [4.69, 9.17) is 0 Å². The molecule has 0 unspecified atom stereocenters. The van der Waals surface area contributed by atoms with Crippen molar-refractivity contribution >= 4 is 23.7 Å². The molecule has 5 nitrogen and oxygen atoms in total. The molecular weight excluding hydrogens is 329 g/mol. The van der Waals surface area contributed by atoms with Crippen LogP contribution in [0.25, 0.3) is 0 Å². The summed E-state index contributed by atoms with van der Waals surface area (Å²) in [5, 5.41) is 2.24. The van der Waals surface area contributed by atoms with Crippen molar-refractivity contribution in [1.29, 1.82) is 0 Å². The van der Waals surface area contributed by atoms with Crippen molar-refractivity contribution in [3.05, 3.63) is 35.6 Å². The monoisotopic (exact) mass is 353 g/mol. The second kappa shape index (κ2) is 7.88. The van der Waals surface area contributed by atoms with Crippen LogP contribution in [0.2, 0.25) is 0 Å². The van der Waals surface area contributed by atoms with Crippen LogP contribution in [0.15, 0.2) is 24.3 Å². The van der Waals surface area contributed by atoms with E-state index in [9.17, 15) is 14.0 Å². The van der Waals surface area contributed by atoms with Gasteiger partial charge >= 0.3 is 6.03 Å². The van der Waals surface area contributed by atoms with E-state index in [2.05, 4.69) is 5.32 Å². The van der Waals surface area contributed by atoms with Crippen LogP contribution in [0.4, 0.5) is 9.18 Å². The summed E-state index contributed by atoms with van der Waals surface area (Å²) < 4.78 is 14.1. The second-order valence-corrected chi connectivity index (χ2v) is 7.64. The molecule has 0 aromatic heterocycles. The summed E-state index contributed by atoms with van der Waals surface area (Å²) in [4.78, 5) is 27.6. The van der Waals surface area contributed by atoms with Crippen LogP contribution >= 0.6 is 11.8 Å². The van der Waals surface area contributed by atoms with Gasteiger partial charge in [-0.05, 0) is 26.8 Å². The topological polar surface area (TPSA) is 52.7 Å². The first-order valence-corrected chi connectivity index (χ1v) is 8.97. The fourth-order valence-electron chi connectivity index (χ4n) is 2.53. The van der Waals surface area contributed by atoms with Crippen molar-refractivity contribution in [3.8, 4) is 0 Å². The first-order valence-electron chi connectivity index (χ1n) is 8.03. The normalized spacial score (nSPS) is 20.6. The van der Waals surface area contributed by atoms with Crippen molar-refractivity contribution in [2.45, 2.75) is 37.4 Å². The Morgan fingerprint density at radius 2 is 2.08 bits per heavy atom. The maximum absolute atomic E-state index is 14.1. The molecule has 1 N–H and O–H groups in total. The van der Waals surface area contributed by atoms with Gasteiger partial charge in [0.05, 0.1) is 5.25 Å². The molecule has 0 bridgehead atoms. The molecule has 1 fully saturated rings. The molecule has 1 aromatic rings. The number of nitrogens with zero attached hydrogens (tertiary/aromatic N) is 2. The number of amides is 3. The highest BCUT2D eigenvalue weighted by Gasteiger charge is 2.39. The van der Waals surface area contributed by atoms with Gasteiger partial charge < -0.3 is 15.1 Å². The van der Waals surface area contributed by atoms with E-state index in [0.29, 0.717) is 18.7 Å². The van der Waals surface area contributed by atoms with Crippen LogP contribution in [0.1, 0.15) is 31.7 Å². The van der Waals surface area contributed by atoms with Gasteiger partial charge in [-0.3, -0.25) is 4.79 Å². The Morgan fingerprint density at radius 3 is 2.71 bits per heavy atom. The van der Waals surface area contributed by atoms with Crippen LogP contribution in [-0.2, 0) is 4.79 Å². The van der Waals surface area contributed by atoms with Gasteiger partial charge in [0.1, 0.15) is 11.2 Å². The molecular formula is C17H24FN3O2S. The first-order chi connectivity index (χ1) is 11.3. The largest absolute Gasteiger partial charge is 0.336 e. The van der Waals surface area contributed by atoms with Crippen molar-refractivity contribution in [2.24, 2.45) is 0 Å². The molecule has 0 radical (unpaired) electrons. The minimum absolute atomic E-state index is 0.0223. The Morgan fingerprint density at radius 1 is 1.42 bits per heavy atom. The number of nitrogens with one attached hydrogen (secondary N) is 1. The van der Waals surface area contributed by atoms with Crippen molar-refractivity contribution in [1.82, 2.24) is 15.1 Å². The van der Waals surface area contributed by atoms with Crippen molar-refractivity contribution in [2.75, 3.05) is 20.1 Å². The molecule has 2 rings (SSSR count). The summed E-state index contributed by atoms with van der Waals surface area (Å²) in [6.07, 6.45) is 0. The average Bonchev–Trinajstić information content (AvgIpc) is 2.80. The minimum atomic E-state index is -0.352. The van der Waals surface area contributed by atoms with Gasteiger partial charge in [-0.1, -0.05) is 18.2 Å². The Labute approximate surface area is 146 Å². The summed E-state index contributed by atoms with van der Waals surface area (Å²) in [6, 6.07) is 6.39. The Bertz CT molecular complexity index is 611. The first kappa shape index (κ1) is 18.6. The summed E-state index contributed by atoms with van der Waals surface area (Å²) >= 11 is 1.44. The number of rotatable bonds is 5. The van der Waals surface area contributed by atoms with Crippen LogP contribution in [0, 0.1) is 5.82 Å². The maximum atomic E-state index is 14.1. The number of likely N-dealkylation sites (N-methyl/N-ethyl adjacent to an activating group) is 1. The molecule has 1 aromatic carbocycles. The molecule has 0 aliphatic carbocycles. The van der Waals surface area contributed by atoms with E-state index in [1.807, 2.05) is 20.8 Å². The molecule has 0 saturated carbocycles. The van der Waals surface area contributed by atoms with Crippen molar-refractivity contribution in [3.63, 3.8) is 0 Å². The van der Waals surface area contributed by atoms with Gasteiger partial charge in [0, 0.05) is 31.7 Å². The van der Waals surface area contributed by atoms with Gasteiger partial charge in [0.25, 0.3) is 0 Å². The van der Waals surface area contributed by atoms with Gasteiger partial charge in [-0.15, -0.1) is 11.8 Å². The molecule has 0 spiro atoms. The molecule has 1 saturated heterocycles. The lowest BCUT2D eigenvalue weighted by molar-refractivity contribution is -0.129. The number of benzene rings is 1. The Balaban J connectivity index is 2.07. The lowest BCUT2D eigenvalue weighted by atomic mass is 10.2. The average molecular weight is 353 g/mol. The zero-order chi connectivity index (χ0) is 17.9. The predicted molar refractivity (Wildman–Crippen MR) is 94.2 cm³/mol. The smallest absolute Gasteiger partial charge is 0.317 e. The molecule has 7 heteroatoms. The predicted octanol–water partition coefficient (Wildman–Crippen LogP) is 2.84. The van der Waals surface area contributed by atoms with Crippen LogP contribution < -0.4 is 5.32 Å². The highest BCUT2D eigenvalue weighted by Crippen LogP contribution is 2.43. The van der Waals surface area contributed by atoms with Crippen LogP contribution in [0.5, 0.6) is 0 Å². The quantitative estimate of drug-likeness (QED) is 0.886. The second-order valence-electron chi connectivity index (χ2n) is 6.21. The summed E-state index contributed by atoms with van der Waals surface area (Å²) in [7, 11) is 1.69. The number of hydrogen-bond donors (Lipinski definition) is 1. The van der Waals surface area contributed by atoms with Gasteiger partial charge in [-0.25, -0.2) is 9.18 Å². The number of carbonyl (C=O) groups is 2. The molecule has 1 aliphatic rings. The summed E-state index contributed by atoms with van der Waals surface area (Å²) in [5.74, 6) is -0.335. The third-order valence-electron chi connectivity index (χ3n) is 3.85. The molecule has 132 valence electrons. The highest BCUT2D eigenvalue weighted by molar-refractivity contribution is 8.01. The zero-order valence-electron chi connectivity index (χ0n) is 14.5. The van der Waals surface area contributed by atoms with Gasteiger partial charge in [0.2, 0.25) is 5.91 Å². The lowest BCUT2D eigenvalue weighted by Crippen LogP contribution is -2.44. The maximum Gasteiger partial charge on any atom is 0.317 e. The fourth-order valence-corrected chi connectivity index (χ4v) is 3.87. The third-order valence-corrected chi connectivity index (χ3v) is 5.23. The summed E-state index contributed by atoms with van der Waals surface area (Å²) in [6.45, 7) is 6.38. The van der Waals surface area contributed by atoms with E-state index in [0.717, 1.165) is 0 Å². The molecule has 1 heterocycles. The number of carbonyl (C=O) groups excluding carboxylic acids is 2.